The maximum Gasteiger partial charge on any atom is 0.140 e. The molecule has 1 aliphatic heterocycles. The van der Waals surface area contributed by atoms with Crippen LogP contribution in [0.5, 0.6) is 0 Å². The van der Waals surface area contributed by atoms with Crippen LogP contribution >= 0.6 is 27.5 Å². The lowest BCUT2D eigenvalue weighted by Gasteiger charge is -2.20. The van der Waals surface area contributed by atoms with E-state index in [1.807, 2.05) is 6.07 Å². The second-order valence-corrected chi connectivity index (χ2v) is 6.27. The molecule has 0 aliphatic carbocycles. The van der Waals surface area contributed by atoms with Gasteiger partial charge in [0.05, 0.1) is 9.50 Å². The minimum atomic E-state index is 0.618. The summed E-state index contributed by atoms with van der Waals surface area (Å²) in [6.45, 7) is 6.89. The quantitative estimate of drug-likeness (QED) is 0.892. The summed E-state index contributed by atoms with van der Waals surface area (Å²) in [5.41, 5.74) is 0. The van der Waals surface area contributed by atoms with E-state index in [9.17, 15) is 0 Å². The minimum absolute atomic E-state index is 0.618. The number of pyridine rings is 1. The molecule has 0 spiro atoms. The van der Waals surface area contributed by atoms with E-state index in [1.54, 1.807) is 6.20 Å². The van der Waals surface area contributed by atoms with Crippen molar-refractivity contribution in [2.24, 2.45) is 5.92 Å². The third-order valence-electron chi connectivity index (χ3n) is 3.19. The molecule has 0 saturated carbocycles. The van der Waals surface area contributed by atoms with Crippen molar-refractivity contribution in [3.8, 4) is 0 Å². The van der Waals surface area contributed by atoms with Crippen LogP contribution in [0.2, 0.25) is 5.02 Å². The average molecular weight is 333 g/mol. The smallest absolute Gasteiger partial charge is 0.140 e. The van der Waals surface area contributed by atoms with Crippen molar-refractivity contribution in [1.29, 1.82) is 0 Å². The second kappa shape index (κ2) is 6.73. The summed E-state index contributed by atoms with van der Waals surface area (Å²) < 4.78 is 0.920. The number of hydrogen-bond donors (Lipinski definition) is 1. The van der Waals surface area contributed by atoms with Crippen molar-refractivity contribution in [3.05, 3.63) is 21.8 Å². The van der Waals surface area contributed by atoms with Gasteiger partial charge in [-0.25, -0.2) is 4.98 Å². The third-order valence-corrected chi connectivity index (χ3v) is 4.01. The standard InChI is InChI=1S/C13H19BrClN3/c1-10(9-18-4-2-3-5-18)7-16-13-12(14)6-11(15)8-17-13/h6,8,10H,2-5,7,9H2,1H3,(H,16,17). The van der Waals surface area contributed by atoms with Gasteiger partial charge in [-0.1, -0.05) is 18.5 Å². The highest BCUT2D eigenvalue weighted by atomic mass is 79.9. The molecule has 2 heterocycles. The Morgan fingerprint density at radius 2 is 2.22 bits per heavy atom. The van der Waals surface area contributed by atoms with Crippen molar-refractivity contribution >= 4 is 33.3 Å². The maximum atomic E-state index is 5.87. The molecule has 3 nitrogen and oxygen atoms in total. The summed E-state index contributed by atoms with van der Waals surface area (Å²) in [5, 5.41) is 4.02. The number of rotatable bonds is 5. The van der Waals surface area contributed by atoms with Gasteiger partial charge in [0, 0.05) is 19.3 Å². The molecular formula is C13H19BrClN3. The minimum Gasteiger partial charge on any atom is -0.369 e. The fraction of sp³-hybridized carbons (Fsp3) is 0.615. The van der Waals surface area contributed by atoms with Crippen molar-refractivity contribution in [3.63, 3.8) is 0 Å². The number of halogens is 2. The Morgan fingerprint density at radius 3 is 2.89 bits per heavy atom. The van der Waals surface area contributed by atoms with Gasteiger partial charge >= 0.3 is 0 Å². The summed E-state index contributed by atoms with van der Waals surface area (Å²) in [5.74, 6) is 1.49. The lowest BCUT2D eigenvalue weighted by atomic mass is 10.1. The highest BCUT2D eigenvalue weighted by molar-refractivity contribution is 9.10. The first-order chi connectivity index (χ1) is 8.65. The fourth-order valence-electron chi connectivity index (χ4n) is 2.29. The first kappa shape index (κ1) is 14.1. The van der Waals surface area contributed by atoms with E-state index in [2.05, 4.69) is 38.1 Å². The Bertz CT molecular complexity index is 394. The Kier molecular flexibility index (Phi) is 5.27. The van der Waals surface area contributed by atoms with Gasteiger partial charge in [0.15, 0.2) is 0 Å². The van der Waals surface area contributed by atoms with Crippen LogP contribution < -0.4 is 5.32 Å². The van der Waals surface area contributed by atoms with Crippen LogP contribution in [0.3, 0.4) is 0 Å². The van der Waals surface area contributed by atoms with Crippen molar-refractivity contribution in [2.45, 2.75) is 19.8 Å². The van der Waals surface area contributed by atoms with E-state index in [0.29, 0.717) is 10.9 Å². The molecule has 1 atom stereocenters. The predicted molar refractivity (Wildman–Crippen MR) is 80.3 cm³/mol. The Morgan fingerprint density at radius 1 is 1.50 bits per heavy atom. The van der Waals surface area contributed by atoms with Crippen molar-refractivity contribution < 1.29 is 0 Å². The van der Waals surface area contributed by atoms with Crippen LogP contribution in [-0.2, 0) is 0 Å². The number of likely N-dealkylation sites (tertiary alicyclic amines) is 1. The SMILES string of the molecule is CC(CNc1ncc(Cl)cc1Br)CN1CCCC1. The van der Waals surface area contributed by atoms with Crippen LogP contribution in [0.4, 0.5) is 5.82 Å². The molecule has 0 radical (unpaired) electrons. The fourth-order valence-corrected chi connectivity index (χ4v) is 3.06. The first-order valence-electron chi connectivity index (χ1n) is 6.42. The van der Waals surface area contributed by atoms with Crippen LogP contribution in [0.15, 0.2) is 16.7 Å². The van der Waals surface area contributed by atoms with E-state index in [1.165, 1.54) is 25.9 Å². The molecule has 0 aromatic carbocycles. The van der Waals surface area contributed by atoms with Crippen LogP contribution in [0.25, 0.3) is 0 Å². The maximum absolute atomic E-state index is 5.87. The highest BCUT2D eigenvalue weighted by Gasteiger charge is 2.14. The monoisotopic (exact) mass is 331 g/mol. The molecule has 1 saturated heterocycles. The number of hydrogen-bond acceptors (Lipinski definition) is 3. The summed E-state index contributed by atoms with van der Waals surface area (Å²) >= 11 is 9.33. The van der Waals surface area contributed by atoms with E-state index >= 15 is 0 Å². The molecule has 0 bridgehead atoms. The van der Waals surface area contributed by atoms with E-state index in [0.717, 1.165) is 23.4 Å². The lowest BCUT2D eigenvalue weighted by Crippen LogP contribution is -2.29. The van der Waals surface area contributed by atoms with Crippen LogP contribution in [0.1, 0.15) is 19.8 Å². The van der Waals surface area contributed by atoms with Crippen molar-refractivity contribution in [2.75, 3.05) is 31.5 Å². The van der Waals surface area contributed by atoms with Gasteiger partial charge in [-0.05, 0) is 53.8 Å². The largest absolute Gasteiger partial charge is 0.369 e. The Labute approximate surface area is 122 Å². The van der Waals surface area contributed by atoms with E-state index in [4.69, 9.17) is 11.6 Å². The van der Waals surface area contributed by atoms with E-state index in [-0.39, 0.29) is 0 Å². The molecular weight excluding hydrogens is 314 g/mol. The molecule has 1 aromatic rings. The number of nitrogens with zero attached hydrogens (tertiary/aromatic N) is 2. The van der Waals surface area contributed by atoms with Crippen molar-refractivity contribution in [1.82, 2.24) is 9.88 Å². The third kappa shape index (κ3) is 4.11. The molecule has 0 amide bonds. The van der Waals surface area contributed by atoms with Gasteiger partial charge in [0.25, 0.3) is 0 Å². The topological polar surface area (TPSA) is 28.2 Å². The second-order valence-electron chi connectivity index (χ2n) is 4.98. The van der Waals surface area contributed by atoms with Gasteiger partial charge < -0.3 is 10.2 Å². The zero-order valence-electron chi connectivity index (χ0n) is 10.6. The Hall–Kier alpha value is -0.320. The zero-order valence-corrected chi connectivity index (χ0v) is 13.0. The molecule has 1 N–H and O–H groups in total. The summed E-state index contributed by atoms with van der Waals surface area (Å²) in [4.78, 5) is 6.82. The summed E-state index contributed by atoms with van der Waals surface area (Å²) in [6.07, 6.45) is 4.37. The lowest BCUT2D eigenvalue weighted by molar-refractivity contribution is 0.294. The molecule has 1 aromatic heterocycles. The van der Waals surface area contributed by atoms with Gasteiger partial charge in [-0.2, -0.15) is 0 Å². The van der Waals surface area contributed by atoms with Gasteiger partial charge in [0.1, 0.15) is 5.82 Å². The molecule has 18 heavy (non-hydrogen) atoms. The van der Waals surface area contributed by atoms with Gasteiger partial charge in [0.2, 0.25) is 0 Å². The summed E-state index contributed by atoms with van der Waals surface area (Å²) in [6, 6.07) is 1.86. The molecule has 100 valence electrons. The van der Waals surface area contributed by atoms with Crippen LogP contribution in [-0.4, -0.2) is 36.1 Å². The Balaban J connectivity index is 1.79. The highest BCUT2D eigenvalue weighted by Crippen LogP contribution is 2.23. The molecule has 1 unspecified atom stereocenters. The number of anilines is 1. The van der Waals surface area contributed by atoms with Crippen LogP contribution in [0, 0.1) is 5.92 Å². The predicted octanol–water partition coefficient (Wildman–Crippen LogP) is 3.64. The first-order valence-corrected chi connectivity index (χ1v) is 7.59. The molecule has 5 heteroatoms. The molecule has 1 aliphatic rings. The van der Waals surface area contributed by atoms with Gasteiger partial charge in [-0.15, -0.1) is 0 Å². The number of nitrogens with one attached hydrogen (secondary N) is 1. The van der Waals surface area contributed by atoms with E-state index < -0.39 is 0 Å². The normalized spacial score (nSPS) is 17.9. The number of aromatic nitrogens is 1. The molecule has 2 rings (SSSR count). The molecule has 1 fully saturated rings. The summed E-state index contributed by atoms with van der Waals surface area (Å²) in [7, 11) is 0. The zero-order chi connectivity index (χ0) is 13.0. The average Bonchev–Trinajstić information content (AvgIpc) is 2.80. The van der Waals surface area contributed by atoms with Gasteiger partial charge in [-0.3, -0.25) is 0 Å².